The van der Waals surface area contributed by atoms with Crippen LogP contribution in [0.3, 0.4) is 0 Å². The van der Waals surface area contributed by atoms with Crippen LogP contribution in [0.15, 0.2) is 102 Å². The van der Waals surface area contributed by atoms with Crippen LogP contribution in [0, 0.1) is 11.6 Å². The maximum Gasteiger partial charge on any atom is 0.416 e. The third-order valence-corrected chi connectivity index (χ3v) is 12.5. The first-order valence-corrected chi connectivity index (χ1v) is 22.3. The van der Waals surface area contributed by atoms with Crippen LogP contribution in [0.5, 0.6) is 11.5 Å². The van der Waals surface area contributed by atoms with E-state index in [2.05, 4.69) is 10.3 Å². The third kappa shape index (κ3) is 9.14. The van der Waals surface area contributed by atoms with E-state index >= 15 is 0 Å². The number of anilines is 1. The molecule has 1 saturated heterocycles. The average Bonchev–Trinajstić information content (AvgIpc) is 3.77. The zero-order valence-corrected chi connectivity index (χ0v) is 37.4. The minimum atomic E-state index is -1.10. The Bertz CT molecular complexity index is 2510. The van der Waals surface area contributed by atoms with Crippen molar-refractivity contribution < 1.29 is 42.4 Å². The lowest BCUT2D eigenvalue weighted by molar-refractivity contribution is -0.0715. The van der Waals surface area contributed by atoms with Crippen molar-refractivity contribution in [2.75, 3.05) is 38.1 Å². The lowest BCUT2D eigenvalue weighted by Gasteiger charge is -2.37. The van der Waals surface area contributed by atoms with E-state index in [1.54, 1.807) is 39.7 Å². The monoisotopic (exact) mass is 894 g/mol. The first-order valence-electron chi connectivity index (χ1n) is 21.3. The number of halogens is 2. The van der Waals surface area contributed by atoms with E-state index in [1.165, 1.54) is 22.7 Å². The van der Waals surface area contributed by atoms with Gasteiger partial charge in [-0.25, -0.2) is 28.2 Å². The van der Waals surface area contributed by atoms with Crippen molar-refractivity contribution in [3.05, 3.63) is 131 Å². The molecule has 0 bridgehead atoms. The van der Waals surface area contributed by atoms with Crippen LogP contribution < -0.4 is 14.4 Å². The fraction of sp³-hybridized carbons (Fsp3) is 0.396. The van der Waals surface area contributed by atoms with E-state index in [0.29, 0.717) is 46.5 Å². The number of aromatic nitrogens is 5. The van der Waals surface area contributed by atoms with E-state index in [1.807, 2.05) is 85.8 Å². The summed E-state index contributed by atoms with van der Waals surface area (Å²) in [6, 6.07) is 28.2. The highest BCUT2D eigenvalue weighted by Crippen LogP contribution is 2.48. The number of carbonyl (C=O) groups is 1. The van der Waals surface area contributed by atoms with Crippen molar-refractivity contribution >= 4 is 34.8 Å². The number of hydrogen-bond donors (Lipinski definition) is 1. The molecule has 1 N–H and O–H groups in total. The lowest BCUT2D eigenvalue weighted by Crippen LogP contribution is -2.39. The summed E-state index contributed by atoms with van der Waals surface area (Å²) in [5, 5.41) is 20.4. The van der Waals surface area contributed by atoms with E-state index in [-0.39, 0.29) is 30.5 Å². The molecular weight excluding hydrogens is 843 g/mol. The van der Waals surface area contributed by atoms with Gasteiger partial charge in [-0.15, -0.1) is 5.10 Å². The van der Waals surface area contributed by atoms with Crippen LogP contribution >= 0.6 is 11.8 Å². The van der Waals surface area contributed by atoms with Gasteiger partial charge in [0.2, 0.25) is 0 Å². The standard InChI is InChI=1S/C48H52F2N6O7S/c1-7-23-64-45-51-43(55(46(58)63-47(2,3)4)39-26-36(39)29-13-22-37(49)38(50)24-29)42-44(52-45)56(54-53-42)40-25-35(62-41(40)27-57)28-61-48(30-11-9-8-10-12-30,31-14-18-33(59-5)19-15-31)32-16-20-34(60-6)21-17-32/h8-22,24,35-36,39-41,57H,7,23,25-28H2,1-6H3/t35-,36+,39-,40-,41+/m1/s1. The molecule has 2 aliphatic rings. The molecule has 1 aliphatic heterocycles. The number of benzene rings is 4. The predicted molar refractivity (Wildman–Crippen MR) is 238 cm³/mol. The number of nitrogens with zero attached hydrogens (tertiary/aromatic N) is 6. The number of aliphatic hydroxyl groups excluding tert-OH is 1. The fourth-order valence-corrected chi connectivity index (χ4v) is 9.03. The number of fused-ring (bicyclic) bond motifs is 1. The van der Waals surface area contributed by atoms with Crippen molar-refractivity contribution in [2.45, 2.75) is 93.5 Å². The Kier molecular flexibility index (Phi) is 13.2. The van der Waals surface area contributed by atoms with Crippen molar-refractivity contribution in [3.63, 3.8) is 0 Å². The normalized spacial score (nSPS) is 19.7. The molecule has 4 aromatic carbocycles. The van der Waals surface area contributed by atoms with E-state index in [9.17, 15) is 18.7 Å². The minimum Gasteiger partial charge on any atom is -0.497 e. The molecule has 0 unspecified atom stereocenters. The molecule has 5 atom stereocenters. The Morgan fingerprint density at radius 1 is 0.891 bits per heavy atom. The molecular formula is C48H52F2N6O7S. The number of carbonyl (C=O) groups excluding carboxylic acids is 1. The summed E-state index contributed by atoms with van der Waals surface area (Å²) in [6.07, 6.45) is -0.263. The van der Waals surface area contributed by atoms with Crippen molar-refractivity contribution in [1.82, 2.24) is 25.0 Å². The lowest BCUT2D eigenvalue weighted by atomic mass is 9.80. The van der Waals surface area contributed by atoms with Crippen molar-refractivity contribution in [1.29, 1.82) is 0 Å². The summed E-state index contributed by atoms with van der Waals surface area (Å²) >= 11 is 1.42. The SMILES string of the molecule is CCCSc1nc(N(C(=O)OC(C)(C)C)[C@@H]2C[C@H]2c2ccc(F)c(F)c2)c2nnn([C@@H]3C[C@H](COC(c4ccccc4)(c4ccc(OC)cc4)c4ccc(OC)cc4)O[C@H]3CO)c2n1. The summed E-state index contributed by atoms with van der Waals surface area (Å²) in [7, 11) is 3.25. The van der Waals surface area contributed by atoms with Gasteiger partial charge in [-0.3, -0.25) is 4.90 Å². The van der Waals surface area contributed by atoms with Crippen molar-refractivity contribution in [2.24, 2.45) is 0 Å². The van der Waals surface area contributed by atoms with Gasteiger partial charge < -0.3 is 28.8 Å². The molecule has 8 rings (SSSR count). The van der Waals surface area contributed by atoms with Crippen molar-refractivity contribution in [3.8, 4) is 11.5 Å². The van der Waals surface area contributed by atoms with Crippen LogP contribution in [0.4, 0.5) is 19.4 Å². The van der Waals surface area contributed by atoms with Gasteiger partial charge in [0.1, 0.15) is 28.8 Å². The van der Waals surface area contributed by atoms with Crippen LogP contribution in [-0.2, 0) is 19.8 Å². The quantitative estimate of drug-likeness (QED) is 0.0563. The molecule has 0 radical (unpaired) electrons. The zero-order chi connectivity index (χ0) is 45.2. The molecule has 2 aromatic heterocycles. The Hall–Kier alpha value is -5.68. The number of hydrogen-bond acceptors (Lipinski definition) is 12. The second-order valence-electron chi connectivity index (χ2n) is 16.9. The Labute approximate surface area is 375 Å². The van der Waals surface area contributed by atoms with Gasteiger partial charge in [0.15, 0.2) is 33.8 Å². The highest BCUT2D eigenvalue weighted by atomic mass is 32.2. The van der Waals surface area contributed by atoms with Crippen LogP contribution in [0.1, 0.15) is 81.2 Å². The topological polar surface area (TPSA) is 143 Å². The summed E-state index contributed by atoms with van der Waals surface area (Å²) in [4.78, 5) is 25.5. The molecule has 1 aliphatic carbocycles. The second kappa shape index (κ2) is 18.8. The number of amides is 1. The molecule has 1 amide bonds. The first-order chi connectivity index (χ1) is 30.9. The second-order valence-corrected chi connectivity index (χ2v) is 18.0. The Morgan fingerprint density at radius 2 is 1.55 bits per heavy atom. The molecule has 13 nitrogen and oxygen atoms in total. The molecule has 0 spiro atoms. The number of methoxy groups -OCH3 is 2. The summed E-state index contributed by atoms with van der Waals surface area (Å²) in [6.45, 7) is 7.13. The summed E-state index contributed by atoms with van der Waals surface area (Å²) in [5.74, 6) is 0.0349. The van der Waals surface area contributed by atoms with Gasteiger partial charge in [0, 0.05) is 24.1 Å². The molecule has 6 aromatic rings. The Morgan fingerprint density at radius 3 is 2.14 bits per heavy atom. The fourth-order valence-electron chi connectivity index (χ4n) is 8.34. The van der Waals surface area contributed by atoms with E-state index in [0.717, 1.165) is 35.2 Å². The molecule has 1 saturated carbocycles. The van der Waals surface area contributed by atoms with E-state index in [4.69, 9.17) is 33.7 Å². The number of aliphatic hydroxyl groups is 1. The van der Waals surface area contributed by atoms with Gasteiger partial charge in [-0.05, 0) is 92.3 Å². The molecule has 3 heterocycles. The van der Waals surface area contributed by atoms with Gasteiger partial charge >= 0.3 is 6.09 Å². The van der Waals surface area contributed by atoms with Crippen LogP contribution in [0.25, 0.3) is 11.2 Å². The minimum absolute atomic E-state index is 0.115. The zero-order valence-electron chi connectivity index (χ0n) is 36.6. The molecule has 2 fully saturated rings. The van der Waals surface area contributed by atoms with Gasteiger partial charge in [0.05, 0.1) is 39.6 Å². The largest absolute Gasteiger partial charge is 0.497 e. The maximum absolute atomic E-state index is 14.4. The first kappa shape index (κ1) is 44.9. The van der Waals surface area contributed by atoms with Crippen LogP contribution in [-0.4, -0.2) is 93.2 Å². The maximum atomic E-state index is 14.4. The third-order valence-electron chi connectivity index (χ3n) is 11.5. The summed E-state index contributed by atoms with van der Waals surface area (Å²) in [5.41, 5.74) is 1.76. The average molecular weight is 895 g/mol. The molecule has 336 valence electrons. The Balaban J connectivity index is 1.16. The van der Waals surface area contributed by atoms with Gasteiger partial charge in [0.25, 0.3) is 0 Å². The smallest absolute Gasteiger partial charge is 0.416 e. The number of thioether (sulfide) groups is 1. The molecule has 16 heteroatoms. The summed E-state index contributed by atoms with van der Waals surface area (Å²) < 4.78 is 60.8. The molecule has 64 heavy (non-hydrogen) atoms. The van der Waals surface area contributed by atoms with Gasteiger partial charge in [-0.1, -0.05) is 84.6 Å². The highest BCUT2D eigenvalue weighted by Gasteiger charge is 2.49. The highest BCUT2D eigenvalue weighted by molar-refractivity contribution is 7.99. The van der Waals surface area contributed by atoms with Crippen LogP contribution in [0.2, 0.25) is 0 Å². The van der Waals surface area contributed by atoms with Gasteiger partial charge in [-0.2, -0.15) is 0 Å². The predicted octanol–water partition coefficient (Wildman–Crippen LogP) is 9.02. The number of ether oxygens (including phenoxy) is 5. The number of rotatable bonds is 16. The van der Waals surface area contributed by atoms with E-state index < -0.39 is 53.2 Å².